The number of rotatable bonds is 4. The number of furan rings is 1. The van der Waals surface area contributed by atoms with E-state index in [-0.39, 0.29) is 5.91 Å². The Kier molecular flexibility index (Phi) is 4.27. The summed E-state index contributed by atoms with van der Waals surface area (Å²) in [5, 5.41) is 4.34. The topological polar surface area (TPSA) is 55.1 Å². The average molecular weight is 333 g/mol. The monoisotopic (exact) mass is 332 g/mol. The number of amides is 1. The van der Waals surface area contributed by atoms with Gasteiger partial charge in [-0.3, -0.25) is 4.79 Å². The first-order valence-electron chi connectivity index (χ1n) is 6.67. The summed E-state index contributed by atoms with van der Waals surface area (Å²) in [5.74, 6) is 0.0529. The molecule has 0 radical (unpaired) electrons. The number of hydrogen-bond acceptors (Lipinski definition) is 4. The number of halogens is 1. The molecule has 0 unspecified atom stereocenters. The Morgan fingerprint density at radius 3 is 2.77 bits per heavy atom. The van der Waals surface area contributed by atoms with Crippen LogP contribution in [-0.2, 0) is 6.54 Å². The maximum absolute atomic E-state index is 11.8. The van der Waals surface area contributed by atoms with Crippen LogP contribution in [0.25, 0.3) is 11.3 Å². The number of nitrogens with one attached hydrogen (secondary N) is 1. The van der Waals surface area contributed by atoms with Crippen LogP contribution in [0.1, 0.15) is 20.4 Å². The van der Waals surface area contributed by atoms with Gasteiger partial charge in [0.1, 0.15) is 5.01 Å². The molecular formula is C16H13ClN2O2S. The second kappa shape index (κ2) is 6.34. The lowest BCUT2D eigenvalue weighted by atomic mass is 10.1. The maximum atomic E-state index is 11.8. The Morgan fingerprint density at radius 2 is 2.09 bits per heavy atom. The quantitative estimate of drug-likeness (QED) is 0.775. The fourth-order valence-electron chi connectivity index (χ4n) is 2.05. The highest BCUT2D eigenvalue weighted by Crippen LogP contribution is 2.28. The third kappa shape index (κ3) is 3.21. The number of aryl methyl sites for hydroxylation is 1. The van der Waals surface area contributed by atoms with Crippen LogP contribution in [0.4, 0.5) is 0 Å². The Bertz CT molecular complexity index is 779. The summed E-state index contributed by atoms with van der Waals surface area (Å²) in [4.78, 5) is 17.5. The SMILES string of the molecule is Cc1sc(CNC(=O)c2ccco2)nc1-c1ccc(Cl)cc1. The Hall–Kier alpha value is -2.11. The van der Waals surface area contributed by atoms with Gasteiger partial charge >= 0.3 is 0 Å². The van der Waals surface area contributed by atoms with Crippen LogP contribution in [-0.4, -0.2) is 10.9 Å². The van der Waals surface area contributed by atoms with Crippen LogP contribution >= 0.6 is 22.9 Å². The summed E-state index contributed by atoms with van der Waals surface area (Å²) in [6.07, 6.45) is 1.47. The van der Waals surface area contributed by atoms with E-state index in [0.717, 1.165) is 21.1 Å². The van der Waals surface area contributed by atoms with Crippen molar-refractivity contribution in [3.63, 3.8) is 0 Å². The van der Waals surface area contributed by atoms with E-state index in [0.29, 0.717) is 17.3 Å². The summed E-state index contributed by atoms with van der Waals surface area (Å²) < 4.78 is 5.05. The van der Waals surface area contributed by atoms with Gasteiger partial charge in [0.15, 0.2) is 5.76 Å². The van der Waals surface area contributed by atoms with Crippen molar-refractivity contribution in [2.75, 3.05) is 0 Å². The highest BCUT2D eigenvalue weighted by molar-refractivity contribution is 7.12. The molecule has 1 amide bonds. The molecule has 0 aliphatic carbocycles. The summed E-state index contributed by atoms with van der Waals surface area (Å²) in [6.45, 7) is 2.39. The van der Waals surface area contributed by atoms with Crippen LogP contribution < -0.4 is 5.32 Å². The fraction of sp³-hybridized carbons (Fsp3) is 0.125. The van der Waals surface area contributed by atoms with Gasteiger partial charge in [0.25, 0.3) is 5.91 Å². The van der Waals surface area contributed by atoms with Crippen molar-refractivity contribution in [1.82, 2.24) is 10.3 Å². The molecular weight excluding hydrogens is 320 g/mol. The van der Waals surface area contributed by atoms with Gasteiger partial charge in [0, 0.05) is 15.5 Å². The van der Waals surface area contributed by atoms with Gasteiger partial charge in [-0.1, -0.05) is 23.7 Å². The molecule has 0 spiro atoms. The Balaban J connectivity index is 1.72. The molecule has 1 aromatic carbocycles. The summed E-state index contributed by atoms with van der Waals surface area (Å²) in [7, 11) is 0. The lowest BCUT2D eigenvalue weighted by Gasteiger charge is -2.00. The number of nitrogens with zero attached hydrogens (tertiary/aromatic N) is 1. The van der Waals surface area contributed by atoms with Gasteiger partial charge in [0.2, 0.25) is 0 Å². The predicted octanol–water partition coefficient (Wildman–Crippen LogP) is 4.29. The van der Waals surface area contributed by atoms with Crippen molar-refractivity contribution >= 4 is 28.8 Å². The van der Waals surface area contributed by atoms with E-state index in [1.54, 1.807) is 23.5 Å². The normalized spacial score (nSPS) is 10.6. The van der Waals surface area contributed by atoms with Crippen LogP contribution in [0.5, 0.6) is 0 Å². The number of carbonyl (C=O) groups excluding carboxylic acids is 1. The molecule has 4 nitrogen and oxygen atoms in total. The third-order valence-electron chi connectivity index (χ3n) is 3.10. The zero-order chi connectivity index (χ0) is 15.5. The van der Waals surface area contributed by atoms with Crippen molar-refractivity contribution in [1.29, 1.82) is 0 Å². The van der Waals surface area contributed by atoms with E-state index in [1.807, 2.05) is 31.2 Å². The molecule has 3 aromatic rings. The molecule has 2 heterocycles. The zero-order valence-electron chi connectivity index (χ0n) is 11.8. The number of thiazole rings is 1. The number of benzene rings is 1. The number of hydrogen-bond donors (Lipinski definition) is 1. The van der Waals surface area contributed by atoms with Gasteiger partial charge in [-0.15, -0.1) is 11.3 Å². The summed E-state index contributed by atoms with van der Waals surface area (Å²) >= 11 is 7.47. The molecule has 0 saturated heterocycles. The van der Waals surface area contributed by atoms with E-state index < -0.39 is 0 Å². The molecule has 0 atom stereocenters. The molecule has 0 aliphatic heterocycles. The Labute approximate surface area is 136 Å². The highest BCUT2D eigenvalue weighted by Gasteiger charge is 2.12. The van der Waals surface area contributed by atoms with E-state index in [9.17, 15) is 4.79 Å². The molecule has 0 aliphatic rings. The van der Waals surface area contributed by atoms with Crippen molar-refractivity contribution in [3.05, 3.63) is 63.3 Å². The molecule has 6 heteroatoms. The largest absolute Gasteiger partial charge is 0.459 e. The summed E-state index contributed by atoms with van der Waals surface area (Å²) in [5.41, 5.74) is 1.94. The second-order valence-corrected chi connectivity index (χ2v) is 6.40. The van der Waals surface area contributed by atoms with Crippen molar-refractivity contribution in [2.24, 2.45) is 0 Å². The molecule has 112 valence electrons. The van der Waals surface area contributed by atoms with Gasteiger partial charge in [-0.05, 0) is 31.2 Å². The second-order valence-electron chi connectivity index (χ2n) is 4.68. The molecule has 22 heavy (non-hydrogen) atoms. The van der Waals surface area contributed by atoms with Crippen LogP contribution in [0, 0.1) is 6.92 Å². The molecule has 2 aromatic heterocycles. The third-order valence-corrected chi connectivity index (χ3v) is 4.33. The molecule has 0 fully saturated rings. The smallest absolute Gasteiger partial charge is 0.287 e. The minimum atomic E-state index is -0.245. The minimum Gasteiger partial charge on any atom is -0.459 e. The average Bonchev–Trinajstić information content (AvgIpc) is 3.15. The van der Waals surface area contributed by atoms with Gasteiger partial charge in [0.05, 0.1) is 18.5 Å². The minimum absolute atomic E-state index is 0.245. The predicted molar refractivity (Wildman–Crippen MR) is 87.2 cm³/mol. The van der Waals surface area contributed by atoms with E-state index in [2.05, 4.69) is 10.3 Å². The molecule has 0 bridgehead atoms. The van der Waals surface area contributed by atoms with Gasteiger partial charge in [-0.2, -0.15) is 0 Å². The zero-order valence-corrected chi connectivity index (χ0v) is 13.4. The van der Waals surface area contributed by atoms with E-state index >= 15 is 0 Å². The van der Waals surface area contributed by atoms with Crippen LogP contribution in [0.3, 0.4) is 0 Å². The standard InChI is InChI=1S/C16H13ClN2O2S/c1-10-15(11-4-6-12(17)7-5-11)19-14(22-10)9-18-16(20)13-3-2-8-21-13/h2-8H,9H2,1H3,(H,18,20). The van der Waals surface area contributed by atoms with Gasteiger partial charge < -0.3 is 9.73 Å². The van der Waals surface area contributed by atoms with Crippen molar-refractivity contribution in [2.45, 2.75) is 13.5 Å². The number of aromatic nitrogens is 1. The first kappa shape index (κ1) is 14.8. The van der Waals surface area contributed by atoms with Crippen molar-refractivity contribution < 1.29 is 9.21 Å². The van der Waals surface area contributed by atoms with Crippen molar-refractivity contribution in [3.8, 4) is 11.3 Å². The lowest BCUT2D eigenvalue weighted by Crippen LogP contribution is -2.22. The van der Waals surface area contributed by atoms with Crippen LogP contribution in [0.15, 0.2) is 47.1 Å². The fourth-order valence-corrected chi connectivity index (χ4v) is 3.07. The number of carbonyl (C=O) groups is 1. The highest BCUT2D eigenvalue weighted by atomic mass is 35.5. The Morgan fingerprint density at radius 1 is 1.32 bits per heavy atom. The molecule has 3 rings (SSSR count). The van der Waals surface area contributed by atoms with Crippen LogP contribution in [0.2, 0.25) is 5.02 Å². The lowest BCUT2D eigenvalue weighted by molar-refractivity contribution is 0.0923. The molecule has 0 saturated carbocycles. The van der Waals surface area contributed by atoms with E-state index in [4.69, 9.17) is 16.0 Å². The maximum Gasteiger partial charge on any atom is 0.287 e. The van der Waals surface area contributed by atoms with Gasteiger partial charge in [-0.25, -0.2) is 4.98 Å². The first-order chi connectivity index (χ1) is 10.6. The summed E-state index contributed by atoms with van der Waals surface area (Å²) in [6, 6.07) is 10.9. The first-order valence-corrected chi connectivity index (χ1v) is 7.87. The molecule has 1 N–H and O–H groups in total. The van der Waals surface area contributed by atoms with E-state index in [1.165, 1.54) is 6.26 Å².